The predicted octanol–water partition coefficient (Wildman–Crippen LogP) is 5.10. The zero-order chi connectivity index (χ0) is 19.0. The van der Waals surface area contributed by atoms with Crippen LogP contribution in [0.15, 0.2) is 53.5 Å². The highest BCUT2D eigenvalue weighted by Gasteiger charge is 2.34. The predicted molar refractivity (Wildman–Crippen MR) is 111 cm³/mol. The Morgan fingerprint density at radius 3 is 2.59 bits per heavy atom. The number of rotatable bonds is 3. The third-order valence-electron chi connectivity index (χ3n) is 5.58. The summed E-state index contributed by atoms with van der Waals surface area (Å²) in [7, 11) is 1.70. The van der Waals surface area contributed by atoms with Gasteiger partial charge in [-0.2, -0.15) is 0 Å². The van der Waals surface area contributed by atoms with E-state index in [4.69, 9.17) is 14.7 Å². The van der Waals surface area contributed by atoms with Gasteiger partial charge in [0.25, 0.3) is 0 Å². The number of para-hydroxylation sites is 1. The zero-order valence-corrected chi connectivity index (χ0v) is 16.6. The van der Waals surface area contributed by atoms with Crippen LogP contribution in [-0.4, -0.2) is 22.4 Å². The second-order valence-corrected chi connectivity index (χ2v) is 8.39. The van der Waals surface area contributed by atoms with E-state index in [1.807, 2.05) is 18.2 Å². The SMILES string of the molecule is COc1cccc2c1nc1n2CC(C(C)(C)C)C/C1=N\Cc1ccccc1. The maximum atomic E-state index is 5.55. The minimum absolute atomic E-state index is 0.209. The second-order valence-electron chi connectivity index (χ2n) is 8.39. The summed E-state index contributed by atoms with van der Waals surface area (Å²) in [5, 5.41) is 0. The number of ether oxygens (including phenoxy) is 1. The Balaban J connectivity index is 1.82. The topological polar surface area (TPSA) is 39.4 Å². The van der Waals surface area contributed by atoms with Gasteiger partial charge in [0.1, 0.15) is 11.3 Å². The van der Waals surface area contributed by atoms with E-state index in [2.05, 4.69) is 55.7 Å². The van der Waals surface area contributed by atoms with Crippen LogP contribution < -0.4 is 4.74 Å². The second kappa shape index (κ2) is 6.84. The fourth-order valence-corrected chi connectivity index (χ4v) is 3.79. The summed E-state index contributed by atoms with van der Waals surface area (Å²) < 4.78 is 7.88. The molecule has 27 heavy (non-hydrogen) atoms. The number of aliphatic imine (C=N–C) groups is 1. The fraction of sp³-hybridized carbons (Fsp3) is 0.391. The molecule has 0 spiro atoms. The Labute approximate surface area is 160 Å². The summed E-state index contributed by atoms with van der Waals surface area (Å²) >= 11 is 0. The van der Waals surface area contributed by atoms with Gasteiger partial charge in [0, 0.05) is 6.54 Å². The molecule has 0 N–H and O–H groups in total. The highest BCUT2D eigenvalue weighted by molar-refractivity contribution is 6.02. The lowest BCUT2D eigenvalue weighted by atomic mass is 9.76. The highest BCUT2D eigenvalue weighted by Crippen LogP contribution is 2.37. The van der Waals surface area contributed by atoms with Gasteiger partial charge in [-0.25, -0.2) is 4.98 Å². The number of hydrogen-bond donors (Lipinski definition) is 0. The molecule has 0 bridgehead atoms. The third-order valence-corrected chi connectivity index (χ3v) is 5.58. The van der Waals surface area contributed by atoms with Gasteiger partial charge in [0.2, 0.25) is 0 Å². The average Bonchev–Trinajstić information content (AvgIpc) is 3.05. The molecule has 0 fully saturated rings. The monoisotopic (exact) mass is 361 g/mol. The van der Waals surface area contributed by atoms with Crippen LogP contribution in [0.25, 0.3) is 11.0 Å². The highest BCUT2D eigenvalue weighted by atomic mass is 16.5. The first-order valence-electron chi connectivity index (χ1n) is 9.58. The molecule has 0 aliphatic carbocycles. The van der Waals surface area contributed by atoms with Crippen LogP contribution in [0.2, 0.25) is 0 Å². The Bertz CT molecular complexity index is 980. The summed E-state index contributed by atoms with van der Waals surface area (Å²) in [6.45, 7) is 8.60. The summed E-state index contributed by atoms with van der Waals surface area (Å²) in [6.07, 6.45) is 0.960. The van der Waals surface area contributed by atoms with Crippen molar-refractivity contribution >= 4 is 16.7 Å². The smallest absolute Gasteiger partial charge is 0.155 e. The molecule has 0 radical (unpaired) electrons. The lowest BCUT2D eigenvalue weighted by Gasteiger charge is -2.35. The number of fused-ring (bicyclic) bond motifs is 3. The third kappa shape index (κ3) is 3.36. The summed E-state index contributed by atoms with van der Waals surface area (Å²) in [5.41, 5.74) is 4.59. The van der Waals surface area contributed by atoms with Gasteiger partial charge in [0.05, 0.1) is 24.9 Å². The lowest BCUT2D eigenvalue weighted by Crippen LogP contribution is -2.34. The van der Waals surface area contributed by atoms with Crippen molar-refractivity contribution in [2.24, 2.45) is 16.3 Å². The van der Waals surface area contributed by atoms with E-state index in [-0.39, 0.29) is 5.41 Å². The summed E-state index contributed by atoms with van der Waals surface area (Å²) in [5.74, 6) is 2.33. The van der Waals surface area contributed by atoms with Crippen LogP contribution in [-0.2, 0) is 13.1 Å². The van der Waals surface area contributed by atoms with Crippen molar-refractivity contribution in [3.05, 3.63) is 59.9 Å². The molecule has 140 valence electrons. The number of imidazole rings is 1. The fourth-order valence-electron chi connectivity index (χ4n) is 3.79. The molecule has 4 nitrogen and oxygen atoms in total. The first-order valence-corrected chi connectivity index (χ1v) is 9.58. The van der Waals surface area contributed by atoms with Gasteiger partial charge >= 0.3 is 0 Å². The van der Waals surface area contributed by atoms with Crippen molar-refractivity contribution in [2.45, 2.75) is 40.3 Å². The lowest BCUT2D eigenvalue weighted by molar-refractivity contribution is 0.214. The van der Waals surface area contributed by atoms with E-state index in [1.54, 1.807) is 7.11 Å². The van der Waals surface area contributed by atoms with Crippen molar-refractivity contribution in [1.29, 1.82) is 0 Å². The van der Waals surface area contributed by atoms with Gasteiger partial charge in [-0.3, -0.25) is 4.99 Å². The van der Waals surface area contributed by atoms with Crippen molar-refractivity contribution in [2.75, 3.05) is 7.11 Å². The first kappa shape index (κ1) is 17.8. The molecule has 2 aromatic carbocycles. The molecular weight excluding hydrogens is 334 g/mol. The maximum absolute atomic E-state index is 5.55. The van der Waals surface area contributed by atoms with Crippen molar-refractivity contribution < 1.29 is 4.74 Å². The molecule has 2 heterocycles. The molecule has 0 amide bonds. The standard InChI is InChI=1S/C23H27N3O/c1-23(2,3)17-13-18(24-14-16-9-6-5-7-10-16)22-25-21-19(26(22)15-17)11-8-12-20(21)27-4/h5-12,17H,13-15H2,1-4H3/b24-18+. The van der Waals surface area contributed by atoms with Gasteiger partial charge in [-0.1, -0.05) is 57.2 Å². The van der Waals surface area contributed by atoms with Gasteiger partial charge in [0.15, 0.2) is 5.82 Å². The van der Waals surface area contributed by atoms with Crippen LogP contribution in [0.5, 0.6) is 5.75 Å². The quantitative estimate of drug-likeness (QED) is 0.651. The molecule has 0 saturated heterocycles. The molecular formula is C23H27N3O. The summed E-state index contributed by atoms with van der Waals surface area (Å²) in [4.78, 5) is 9.94. The first-order chi connectivity index (χ1) is 13.0. The molecule has 3 aromatic rings. The number of hydrogen-bond acceptors (Lipinski definition) is 3. The molecule has 0 saturated carbocycles. The van der Waals surface area contributed by atoms with Gasteiger partial charge in [-0.05, 0) is 35.4 Å². The van der Waals surface area contributed by atoms with Crippen LogP contribution >= 0.6 is 0 Å². The van der Waals surface area contributed by atoms with E-state index in [9.17, 15) is 0 Å². The van der Waals surface area contributed by atoms with E-state index in [1.165, 1.54) is 5.56 Å². The van der Waals surface area contributed by atoms with Crippen LogP contribution in [0.1, 0.15) is 38.6 Å². The zero-order valence-electron chi connectivity index (χ0n) is 16.6. The van der Waals surface area contributed by atoms with E-state index in [0.29, 0.717) is 12.5 Å². The number of methoxy groups -OCH3 is 1. The van der Waals surface area contributed by atoms with Gasteiger partial charge in [-0.15, -0.1) is 0 Å². The molecule has 1 atom stereocenters. The number of benzene rings is 2. The molecule has 4 rings (SSSR count). The minimum atomic E-state index is 0.209. The van der Waals surface area contributed by atoms with E-state index >= 15 is 0 Å². The van der Waals surface area contributed by atoms with Crippen molar-refractivity contribution in [3.8, 4) is 5.75 Å². The van der Waals surface area contributed by atoms with Crippen LogP contribution in [0.4, 0.5) is 0 Å². The maximum Gasteiger partial charge on any atom is 0.155 e. The number of aromatic nitrogens is 2. The number of nitrogens with zero attached hydrogens (tertiary/aromatic N) is 3. The normalized spacial score (nSPS) is 18.7. The Morgan fingerprint density at radius 1 is 1.11 bits per heavy atom. The Hall–Kier alpha value is -2.62. The van der Waals surface area contributed by atoms with Crippen molar-refractivity contribution in [3.63, 3.8) is 0 Å². The van der Waals surface area contributed by atoms with Crippen LogP contribution in [0, 0.1) is 11.3 Å². The Morgan fingerprint density at radius 2 is 1.89 bits per heavy atom. The van der Waals surface area contributed by atoms with Crippen molar-refractivity contribution in [1.82, 2.24) is 9.55 Å². The molecule has 1 aromatic heterocycles. The summed E-state index contributed by atoms with van der Waals surface area (Å²) in [6, 6.07) is 16.6. The largest absolute Gasteiger partial charge is 0.494 e. The van der Waals surface area contributed by atoms with Crippen LogP contribution in [0.3, 0.4) is 0 Å². The van der Waals surface area contributed by atoms with E-state index in [0.717, 1.165) is 41.3 Å². The Kier molecular flexibility index (Phi) is 4.50. The average molecular weight is 361 g/mol. The van der Waals surface area contributed by atoms with E-state index < -0.39 is 0 Å². The molecule has 1 aliphatic rings. The molecule has 1 aliphatic heterocycles. The molecule has 1 unspecified atom stereocenters. The molecule has 4 heteroatoms. The minimum Gasteiger partial charge on any atom is -0.494 e. The van der Waals surface area contributed by atoms with Gasteiger partial charge < -0.3 is 9.30 Å².